The molecule has 3 atom stereocenters. The van der Waals surface area contributed by atoms with E-state index in [2.05, 4.69) is 17.4 Å². The highest BCUT2D eigenvalue weighted by molar-refractivity contribution is 5.80. The molecule has 19 heavy (non-hydrogen) atoms. The van der Waals surface area contributed by atoms with Gasteiger partial charge < -0.3 is 11.1 Å². The molecule has 3 N–H and O–H groups in total. The summed E-state index contributed by atoms with van der Waals surface area (Å²) < 4.78 is 0. The highest BCUT2D eigenvalue weighted by atomic mass is 16.2. The minimum atomic E-state index is 0.0150. The quantitative estimate of drug-likeness (QED) is 0.874. The molecule has 1 unspecified atom stereocenters. The van der Waals surface area contributed by atoms with Gasteiger partial charge in [-0.15, -0.1) is 0 Å². The molecule has 1 aromatic carbocycles. The fourth-order valence-electron chi connectivity index (χ4n) is 3.14. The van der Waals surface area contributed by atoms with Gasteiger partial charge in [0, 0.05) is 6.04 Å². The van der Waals surface area contributed by atoms with Gasteiger partial charge in [0.2, 0.25) is 5.91 Å². The molecule has 1 saturated carbocycles. The smallest absolute Gasteiger partial charge is 0.225 e. The Morgan fingerprint density at radius 3 is 2.53 bits per heavy atom. The molecule has 3 rings (SSSR count). The summed E-state index contributed by atoms with van der Waals surface area (Å²) in [5, 5.41) is 3.19. The van der Waals surface area contributed by atoms with Crippen LogP contribution in [0.1, 0.15) is 43.7 Å². The van der Waals surface area contributed by atoms with Crippen LogP contribution in [0.5, 0.6) is 0 Å². The van der Waals surface area contributed by atoms with E-state index in [9.17, 15) is 4.79 Å². The second kappa shape index (κ2) is 5.33. The molecule has 1 aliphatic heterocycles. The van der Waals surface area contributed by atoms with E-state index in [0.717, 1.165) is 19.3 Å². The van der Waals surface area contributed by atoms with Crippen molar-refractivity contribution in [2.45, 2.75) is 44.2 Å². The van der Waals surface area contributed by atoms with E-state index in [1.54, 1.807) is 0 Å². The van der Waals surface area contributed by atoms with Crippen LogP contribution in [0.2, 0.25) is 0 Å². The van der Waals surface area contributed by atoms with Gasteiger partial charge in [0.15, 0.2) is 0 Å². The zero-order chi connectivity index (χ0) is 13.2. The lowest BCUT2D eigenvalue weighted by molar-refractivity contribution is -0.126. The van der Waals surface area contributed by atoms with Crippen LogP contribution < -0.4 is 11.1 Å². The number of hydrogen-bond acceptors (Lipinski definition) is 2. The number of rotatable bonds is 3. The number of carbonyl (C=O) groups is 1. The average Bonchev–Trinajstić information content (AvgIpc) is 3.26. The van der Waals surface area contributed by atoms with Gasteiger partial charge in [-0.25, -0.2) is 0 Å². The SMILES string of the molecule is NC(C1CC1)[C@@H]1CCC[C@@H](c2ccccc2)NC1=O. The summed E-state index contributed by atoms with van der Waals surface area (Å²) in [5.74, 6) is 0.760. The van der Waals surface area contributed by atoms with Crippen LogP contribution in [0, 0.1) is 11.8 Å². The first kappa shape index (κ1) is 12.7. The van der Waals surface area contributed by atoms with Gasteiger partial charge in [0.05, 0.1) is 12.0 Å². The third-order valence-electron chi connectivity index (χ3n) is 4.49. The predicted octanol–water partition coefficient (Wildman–Crippen LogP) is 2.38. The molecule has 0 radical (unpaired) electrons. The highest BCUT2D eigenvalue weighted by Gasteiger charge is 2.38. The molecule has 0 aromatic heterocycles. The molecule has 2 fully saturated rings. The Bertz CT molecular complexity index is 441. The lowest BCUT2D eigenvalue weighted by Gasteiger charge is -2.22. The molecular formula is C16H22N2O. The highest BCUT2D eigenvalue weighted by Crippen LogP contribution is 2.37. The van der Waals surface area contributed by atoms with E-state index >= 15 is 0 Å². The number of amides is 1. The summed E-state index contributed by atoms with van der Waals surface area (Å²) in [4.78, 5) is 12.4. The largest absolute Gasteiger partial charge is 0.349 e. The fraction of sp³-hybridized carbons (Fsp3) is 0.562. The van der Waals surface area contributed by atoms with Gasteiger partial charge >= 0.3 is 0 Å². The summed E-state index contributed by atoms with van der Waals surface area (Å²) >= 11 is 0. The molecule has 2 aliphatic rings. The summed E-state index contributed by atoms with van der Waals surface area (Å²) in [6.45, 7) is 0. The molecule has 1 aliphatic carbocycles. The standard InChI is InChI=1S/C16H22N2O/c17-15(12-9-10-12)13-7-4-8-14(18-16(13)19)11-5-2-1-3-6-11/h1-3,5-6,12-15H,4,7-10,17H2,(H,18,19)/t13-,14-,15?/m0/s1. The summed E-state index contributed by atoms with van der Waals surface area (Å²) in [6, 6.07) is 10.5. The van der Waals surface area contributed by atoms with Crippen LogP contribution >= 0.6 is 0 Å². The second-order valence-corrected chi connectivity index (χ2v) is 5.92. The Labute approximate surface area is 114 Å². The van der Waals surface area contributed by atoms with Gasteiger partial charge in [-0.1, -0.05) is 36.8 Å². The summed E-state index contributed by atoms with van der Waals surface area (Å²) in [6.07, 6.45) is 5.43. The van der Waals surface area contributed by atoms with Gasteiger partial charge in [0.1, 0.15) is 0 Å². The second-order valence-electron chi connectivity index (χ2n) is 5.92. The lowest BCUT2D eigenvalue weighted by Crippen LogP contribution is -2.42. The Kier molecular flexibility index (Phi) is 3.56. The van der Waals surface area contributed by atoms with Crippen molar-refractivity contribution in [1.29, 1.82) is 0 Å². The fourth-order valence-corrected chi connectivity index (χ4v) is 3.14. The van der Waals surface area contributed by atoms with Crippen molar-refractivity contribution in [2.75, 3.05) is 0 Å². The monoisotopic (exact) mass is 258 g/mol. The topological polar surface area (TPSA) is 55.1 Å². The van der Waals surface area contributed by atoms with Crippen molar-refractivity contribution in [3.8, 4) is 0 Å². The first-order valence-corrected chi connectivity index (χ1v) is 7.36. The van der Waals surface area contributed by atoms with Gasteiger partial charge in [-0.2, -0.15) is 0 Å². The molecule has 0 spiro atoms. The van der Waals surface area contributed by atoms with Gasteiger partial charge in [-0.05, 0) is 37.2 Å². The van der Waals surface area contributed by atoms with E-state index in [1.807, 2.05) is 18.2 Å². The van der Waals surface area contributed by atoms with Crippen molar-refractivity contribution in [3.05, 3.63) is 35.9 Å². The van der Waals surface area contributed by atoms with Crippen molar-refractivity contribution < 1.29 is 4.79 Å². The van der Waals surface area contributed by atoms with Gasteiger partial charge in [-0.3, -0.25) is 4.79 Å². The molecule has 3 heteroatoms. The number of carbonyl (C=O) groups excluding carboxylic acids is 1. The molecule has 102 valence electrons. The van der Waals surface area contributed by atoms with Crippen LogP contribution in [0.4, 0.5) is 0 Å². The van der Waals surface area contributed by atoms with Crippen molar-refractivity contribution >= 4 is 5.91 Å². The normalized spacial score (nSPS) is 29.4. The van der Waals surface area contributed by atoms with Crippen LogP contribution in [0.3, 0.4) is 0 Å². The van der Waals surface area contributed by atoms with Crippen LogP contribution in [0.25, 0.3) is 0 Å². The first-order valence-electron chi connectivity index (χ1n) is 7.36. The minimum Gasteiger partial charge on any atom is -0.349 e. The summed E-state index contributed by atoms with van der Waals surface area (Å²) in [5.41, 5.74) is 7.44. The molecule has 1 heterocycles. The zero-order valence-electron chi connectivity index (χ0n) is 11.2. The Balaban J connectivity index is 1.70. The maximum absolute atomic E-state index is 12.4. The van der Waals surface area contributed by atoms with Crippen LogP contribution in [-0.2, 0) is 4.79 Å². The van der Waals surface area contributed by atoms with Crippen LogP contribution in [0.15, 0.2) is 30.3 Å². The molecule has 0 bridgehead atoms. The number of hydrogen-bond donors (Lipinski definition) is 2. The molecule has 3 nitrogen and oxygen atoms in total. The van der Waals surface area contributed by atoms with E-state index in [1.165, 1.54) is 18.4 Å². The van der Waals surface area contributed by atoms with E-state index in [4.69, 9.17) is 5.73 Å². The van der Waals surface area contributed by atoms with E-state index in [0.29, 0.717) is 5.92 Å². The third-order valence-corrected chi connectivity index (χ3v) is 4.49. The average molecular weight is 258 g/mol. The van der Waals surface area contributed by atoms with Gasteiger partial charge in [0.25, 0.3) is 0 Å². The Hall–Kier alpha value is -1.35. The molecular weight excluding hydrogens is 236 g/mol. The third kappa shape index (κ3) is 2.81. The van der Waals surface area contributed by atoms with Crippen molar-refractivity contribution in [3.63, 3.8) is 0 Å². The van der Waals surface area contributed by atoms with Crippen LogP contribution in [-0.4, -0.2) is 11.9 Å². The number of nitrogens with one attached hydrogen (secondary N) is 1. The number of benzene rings is 1. The minimum absolute atomic E-state index is 0.0150. The Morgan fingerprint density at radius 2 is 1.84 bits per heavy atom. The van der Waals surface area contributed by atoms with E-state index < -0.39 is 0 Å². The van der Waals surface area contributed by atoms with Crippen molar-refractivity contribution in [2.24, 2.45) is 17.6 Å². The maximum atomic E-state index is 12.4. The Morgan fingerprint density at radius 1 is 1.11 bits per heavy atom. The number of nitrogens with two attached hydrogens (primary N) is 1. The zero-order valence-corrected chi connectivity index (χ0v) is 11.2. The first-order chi connectivity index (χ1) is 9.25. The predicted molar refractivity (Wildman–Crippen MR) is 75.4 cm³/mol. The lowest BCUT2D eigenvalue weighted by atomic mass is 9.91. The maximum Gasteiger partial charge on any atom is 0.225 e. The molecule has 1 aromatic rings. The molecule has 1 saturated heterocycles. The van der Waals surface area contributed by atoms with E-state index in [-0.39, 0.29) is 23.9 Å². The summed E-state index contributed by atoms with van der Waals surface area (Å²) in [7, 11) is 0. The van der Waals surface area contributed by atoms with Crippen molar-refractivity contribution in [1.82, 2.24) is 5.32 Å². The molecule has 1 amide bonds.